The SMILES string of the molecule is Oc1cc(C23CC4CC(CC(C4)C2)C3)[c]cc1F. The van der Waals surface area contributed by atoms with Gasteiger partial charge in [0.2, 0.25) is 0 Å². The van der Waals surface area contributed by atoms with E-state index in [4.69, 9.17) is 0 Å². The Hall–Kier alpha value is -1.05. The van der Waals surface area contributed by atoms with Crippen LogP contribution in [0.5, 0.6) is 5.75 Å². The first kappa shape index (κ1) is 10.8. The average molecular weight is 245 g/mol. The fourth-order valence-electron chi connectivity index (χ4n) is 5.21. The first-order chi connectivity index (χ1) is 8.64. The van der Waals surface area contributed by atoms with Crippen molar-refractivity contribution in [3.8, 4) is 5.75 Å². The van der Waals surface area contributed by atoms with Gasteiger partial charge in [0.05, 0.1) is 0 Å². The van der Waals surface area contributed by atoms with Crippen LogP contribution in [0.3, 0.4) is 0 Å². The summed E-state index contributed by atoms with van der Waals surface area (Å²) in [4.78, 5) is 0. The van der Waals surface area contributed by atoms with Crippen LogP contribution in [-0.2, 0) is 5.41 Å². The predicted octanol–water partition coefficient (Wildman–Crippen LogP) is 3.80. The molecule has 0 aliphatic heterocycles. The molecule has 1 N–H and O–H groups in total. The molecule has 1 aromatic carbocycles. The van der Waals surface area contributed by atoms with Crippen molar-refractivity contribution in [3.05, 3.63) is 29.6 Å². The molecule has 18 heavy (non-hydrogen) atoms. The summed E-state index contributed by atoms with van der Waals surface area (Å²) in [5.74, 6) is 1.81. The third-order valence-electron chi connectivity index (χ3n) is 5.49. The van der Waals surface area contributed by atoms with Gasteiger partial charge in [-0.2, -0.15) is 0 Å². The molecular weight excluding hydrogens is 227 g/mol. The van der Waals surface area contributed by atoms with Crippen molar-refractivity contribution < 1.29 is 9.50 Å². The number of hydrogen-bond donors (Lipinski definition) is 1. The third kappa shape index (κ3) is 1.44. The van der Waals surface area contributed by atoms with Crippen LogP contribution < -0.4 is 0 Å². The van der Waals surface area contributed by atoms with Gasteiger partial charge in [-0.15, -0.1) is 0 Å². The number of aromatic hydroxyl groups is 1. The lowest BCUT2D eigenvalue weighted by Crippen LogP contribution is -2.48. The van der Waals surface area contributed by atoms with Crippen molar-refractivity contribution in [3.63, 3.8) is 0 Å². The topological polar surface area (TPSA) is 20.2 Å². The quantitative estimate of drug-likeness (QED) is 0.798. The number of phenolic OH excluding ortho intramolecular Hbond substituents is 1. The van der Waals surface area contributed by atoms with Gasteiger partial charge in [-0.25, -0.2) is 4.39 Å². The Labute approximate surface area is 107 Å². The Morgan fingerprint density at radius 1 is 1.11 bits per heavy atom. The van der Waals surface area contributed by atoms with Crippen LogP contribution in [0.1, 0.15) is 44.1 Å². The summed E-state index contributed by atoms with van der Waals surface area (Å²) in [6.07, 6.45) is 7.85. The van der Waals surface area contributed by atoms with Gasteiger partial charge in [0.1, 0.15) is 0 Å². The van der Waals surface area contributed by atoms with E-state index in [0.29, 0.717) is 0 Å². The molecule has 1 radical (unpaired) electrons. The molecule has 4 aliphatic rings. The van der Waals surface area contributed by atoms with Gasteiger partial charge in [-0.05, 0) is 85.5 Å². The zero-order valence-corrected chi connectivity index (χ0v) is 10.5. The molecule has 0 heterocycles. The van der Waals surface area contributed by atoms with Gasteiger partial charge in [-0.3, -0.25) is 0 Å². The largest absolute Gasteiger partial charge is 0.505 e. The van der Waals surface area contributed by atoms with Gasteiger partial charge in [-0.1, -0.05) is 0 Å². The Balaban J connectivity index is 1.76. The highest BCUT2D eigenvalue weighted by atomic mass is 19.1. The Kier molecular flexibility index (Phi) is 2.10. The molecule has 0 atom stereocenters. The lowest BCUT2D eigenvalue weighted by Gasteiger charge is -2.57. The molecule has 0 spiro atoms. The van der Waals surface area contributed by atoms with Crippen LogP contribution in [0.25, 0.3) is 0 Å². The molecule has 0 unspecified atom stereocenters. The molecule has 2 heteroatoms. The van der Waals surface area contributed by atoms with E-state index in [2.05, 4.69) is 6.07 Å². The Morgan fingerprint density at radius 3 is 2.17 bits per heavy atom. The maximum absolute atomic E-state index is 13.2. The smallest absolute Gasteiger partial charge is 0.165 e. The van der Waals surface area contributed by atoms with Crippen molar-refractivity contribution in [1.82, 2.24) is 0 Å². The predicted molar refractivity (Wildman–Crippen MR) is 66.8 cm³/mol. The summed E-state index contributed by atoms with van der Waals surface area (Å²) in [7, 11) is 0. The fourth-order valence-corrected chi connectivity index (χ4v) is 5.21. The van der Waals surface area contributed by atoms with Crippen LogP contribution in [0.2, 0.25) is 0 Å². The lowest BCUT2D eigenvalue weighted by molar-refractivity contribution is -0.00542. The number of phenols is 1. The molecule has 1 nitrogen and oxygen atoms in total. The van der Waals surface area contributed by atoms with E-state index < -0.39 is 5.82 Å². The molecule has 4 saturated carbocycles. The molecule has 4 bridgehead atoms. The number of rotatable bonds is 1. The summed E-state index contributed by atoms with van der Waals surface area (Å²) < 4.78 is 13.2. The van der Waals surface area contributed by atoms with E-state index in [-0.39, 0.29) is 11.2 Å². The molecule has 0 saturated heterocycles. The standard InChI is InChI=1S/C16H18FO/c17-14-2-1-13(6-15(14)18)16-7-10-3-11(8-16)5-12(4-10)9-16/h2,6,10-12,18H,3-5,7-9H2. The van der Waals surface area contributed by atoms with Crippen LogP contribution >= 0.6 is 0 Å². The summed E-state index contributed by atoms with van der Waals surface area (Å²) in [5, 5.41) is 9.61. The summed E-state index contributed by atoms with van der Waals surface area (Å²) in [5.41, 5.74) is 1.25. The highest BCUT2D eigenvalue weighted by Crippen LogP contribution is 2.60. The summed E-state index contributed by atoms with van der Waals surface area (Å²) >= 11 is 0. The zero-order valence-electron chi connectivity index (χ0n) is 10.5. The minimum atomic E-state index is -0.552. The minimum Gasteiger partial charge on any atom is -0.505 e. The van der Waals surface area contributed by atoms with E-state index in [9.17, 15) is 9.50 Å². The van der Waals surface area contributed by atoms with Crippen molar-refractivity contribution in [1.29, 1.82) is 0 Å². The van der Waals surface area contributed by atoms with Crippen molar-refractivity contribution in [2.24, 2.45) is 17.8 Å². The van der Waals surface area contributed by atoms with Crippen LogP contribution in [0.15, 0.2) is 12.1 Å². The van der Waals surface area contributed by atoms with Crippen molar-refractivity contribution in [2.45, 2.75) is 43.9 Å². The number of benzene rings is 1. The second-order valence-corrected chi connectivity index (χ2v) is 6.78. The van der Waals surface area contributed by atoms with E-state index >= 15 is 0 Å². The summed E-state index contributed by atoms with van der Waals surface area (Å²) in [6, 6.07) is 6.04. The molecule has 0 amide bonds. The van der Waals surface area contributed by atoms with Gasteiger partial charge in [0.15, 0.2) is 11.6 Å². The Morgan fingerprint density at radius 2 is 1.67 bits per heavy atom. The van der Waals surface area contributed by atoms with Gasteiger partial charge < -0.3 is 5.11 Å². The minimum absolute atomic E-state index is 0.194. The normalized spacial score (nSPS) is 41.3. The van der Waals surface area contributed by atoms with E-state index in [0.717, 1.165) is 23.3 Å². The highest BCUT2D eigenvalue weighted by molar-refractivity contribution is 5.35. The third-order valence-corrected chi connectivity index (χ3v) is 5.49. The second kappa shape index (κ2) is 3.49. The zero-order chi connectivity index (χ0) is 12.3. The van der Waals surface area contributed by atoms with Gasteiger partial charge in [0, 0.05) is 0 Å². The van der Waals surface area contributed by atoms with Crippen LogP contribution in [0, 0.1) is 29.6 Å². The molecule has 0 aromatic heterocycles. The van der Waals surface area contributed by atoms with E-state index in [1.54, 1.807) is 6.07 Å². The molecule has 95 valence electrons. The number of hydrogen-bond acceptors (Lipinski definition) is 1. The highest BCUT2D eigenvalue weighted by Gasteiger charge is 2.51. The molecule has 5 rings (SSSR count). The van der Waals surface area contributed by atoms with Crippen LogP contribution in [-0.4, -0.2) is 5.11 Å². The maximum Gasteiger partial charge on any atom is 0.165 e. The first-order valence-electron chi connectivity index (χ1n) is 7.05. The first-order valence-corrected chi connectivity index (χ1v) is 7.05. The molecule has 4 fully saturated rings. The molecule has 4 aliphatic carbocycles. The van der Waals surface area contributed by atoms with Gasteiger partial charge >= 0.3 is 0 Å². The van der Waals surface area contributed by atoms with Crippen LogP contribution in [0.4, 0.5) is 4.39 Å². The monoisotopic (exact) mass is 245 g/mol. The Bertz CT molecular complexity index is 459. The fraction of sp³-hybridized carbons (Fsp3) is 0.625. The second-order valence-electron chi connectivity index (χ2n) is 6.78. The van der Waals surface area contributed by atoms with Crippen molar-refractivity contribution >= 4 is 0 Å². The van der Waals surface area contributed by atoms with E-state index in [1.165, 1.54) is 44.6 Å². The van der Waals surface area contributed by atoms with E-state index in [1.807, 2.05) is 0 Å². The number of halogens is 1. The lowest BCUT2D eigenvalue weighted by atomic mass is 9.48. The van der Waals surface area contributed by atoms with Gasteiger partial charge in [0.25, 0.3) is 0 Å². The summed E-state index contributed by atoms with van der Waals surface area (Å²) in [6.45, 7) is 0. The molecular formula is C16H18FO. The molecule has 1 aromatic rings. The maximum atomic E-state index is 13.2. The average Bonchev–Trinajstić information content (AvgIpc) is 2.31. The van der Waals surface area contributed by atoms with Crippen molar-refractivity contribution in [2.75, 3.05) is 0 Å².